The van der Waals surface area contributed by atoms with Crippen LogP contribution in [0.1, 0.15) is 16.7 Å². The van der Waals surface area contributed by atoms with Gasteiger partial charge in [0.2, 0.25) is 11.9 Å². The van der Waals surface area contributed by atoms with Crippen LogP contribution in [0.5, 0.6) is 0 Å². The largest absolute Gasteiger partial charge is 0.354 e. The molecule has 108 valence electrons. The van der Waals surface area contributed by atoms with Crippen LogP contribution < -0.4 is 10.2 Å². The highest BCUT2D eigenvalue weighted by Gasteiger charge is 2.09. The number of hydrogen-bond acceptors (Lipinski definition) is 4. The second kappa shape index (κ2) is 5.94. The molecule has 0 aliphatic rings. The highest BCUT2D eigenvalue weighted by atomic mass is 15.4. The zero-order valence-electron chi connectivity index (χ0n) is 12.9. The predicted octanol–water partition coefficient (Wildman–Crippen LogP) is 2.15. The van der Waals surface area contributed by atoms with Crippen molar-refractivity contribution >= 4 is 11.9 Å². The van der Waals surface area contributed by atoms with Gasteiger partial charge in [-0.3, -0.25) is 4.57 Å². The minimum atomic E-state index is 0.805. The molecule has 0 amide bonds. The molecule has 1 aromatic heterocycles. The van der Waals surface area contributed by atoms with Crippen LogP contribution in [-0.4, -0.2) is 35.4 Å². The number of aryl methyl sites for hydroxylation is 1. The molecule has 20 heavy (non-hydrogen) atoms. The summed E-state index contributed by atoms with van der Waals surface area (Å²) in [7, 11) is 5.89. The molecule has 0 fully saturated rings. The molecule has 5 nitrogen and oxygen atoms in total. The third kappa shape index (κ3) is 2.92. The lowest BCUT2D eigenvalue weighted by molar-refractivity contribution is 0.858. The lowest BCUT2D eigenvalue weighted by Gasteiger charge is -2.12. The van der Waals surface area contributed by atoms with Gasteiger partial charge in [0.05, 0.1) is 0 Å². The number of aromatic nitrogens is 3. The van der Waals surface area contributed by atoms with E-state index in [1.54, 1.807) is 0 Å². The Labute approximate surface area is 120 Å². The molecule has 0 saturated heterocycles. The van der Waals surface area contributed by atoms with Crippen LogP contribution in [0.4, 0.5) is 11.9 Å². The Morgan fingerprint density at radius 3 is 2.60 bits per heavy atom. The van der Waals surface area contributed by atoms with Gasteiger partial charge in [-0.2, -0.15) is 0 Å². The number of hydrogen-bond donors (Lipinski definition) is 1. The van der Waals surface area contributed by atoms with E-state index in [1.165, 1.54) is 16.7 Å². The van der Waals surface area contributed by atoms with Gasteiger partial charge in [0, 0.05) is 27.7 Å². The highest BCUT2D eigenvalue weighted by Crippen LogP contribution is 2.15. The van der Waals surface area contributed by atoms with Crippen molar-refractivity contribution in [2.75, 3.05) is 30.9 Å². The van der Waals surface area contributed by atoms with E-state index >= 15 is 0 Å². The molecule has 0 atom stereocenters. The predicted molar refractivity (Wildman–Crippen MR) is 83.4 cm³/mol. The first-order valence-electron chi connectivity index (χ1n) is 6.86. The number of nitrogens with zero attached hydrogens (tertiary/aromatic N) is 4. The third-order valence-electron chi connectivity index (χ3n) is 3.65. The van der Waals surface area contributed by atoms with Crippen LogP contribution in [0.15, 0.2) is 18.2 Å². The average Bonchev–Trinajstić information content (AvgIpc) is 2.76. The van der Waals surface area contributed by atoms with Crippen LogP contribution in [0.25, 0.3) is 0 Å². The fourth-order valence-electron chi connectivity index (χ4n) is 2.26. The third-order valence-corrected chi connectivity index (χ3v) is 3.65. The van der Waals surface area contributed by atoms with Crippen LogP contribution in [0.2, 0.25) is 0 Å². The first-order valence-corrected chi connectivity index (χ1v) is 6.86. The molecule has 0 radical (unpaired) electrons. The quantitative estimate of drug-likeness (QED) is 0.906. The number of benzene rings is 1. The topological polar surface area (TPSA) is 46.0 Å². The molecule has 1 heterocycles. The molecular formula is C15H23N5. The van der Waals surface area contributed by atoms with Crippen molar-refractivity contribution in [2.45, 2.75) is 20.3 Å². The molecule has 0 aliphatic heterocycles. The van der Waals surface area contributed by atoms with Crippen LogP contribution in [0, 0.1) is 13.8 Å². The second-order valence-electron chi connectivity index (χ2n) is 5.31. The Bertz CT molecular complexity index is 586. The van der Waals surface area contributed by atoms with Crippen LogP contribution >= 0.6 is 0 Å². The van der Waals surface area contributed by atoms with E-state index in [1.807, 2.05) is 30.6 Å². The standard InChI is InChI=1S/C15H23N5/c1-11-7-6-8-13(12(11)2)9-10-16-14-17-18-15(19(3)4)20(14)5/h6-8H,9-10H2,1-5H3,(H,16,17). The molecule has 2 aromatic rings. The molecular weight excluding hydrogens is 250 g/mol. The summed E-state index contributed by atoms with van der Waals surface area (Å²) < 4.78 is 1.96. The molecule has 1 N–H and O–H groups in total. The molecule has 0 saturated carbocycles. The van der Waals surface area contributed by atoms with E-state index in [0.717, 1.165) is 24.9 Å². The summed E-state index contributed by atoms with van der Waals surface area (Å²) in [6, 6.07) is 6.45. The summed E-state index contributed by atoms with van der Waals surface area (Å²) >= 11 is 0. The summed E-state index contributed by atoms with van der Waals surface area (Å²) in [5.74, 6) is 1.65. The van der Waals surface area contributed by atoms with Gasteiger partial charge >= 0.3 is 0 Å². The molecule has 5 heteroatoms. The van der Waals surface area contributed by atoms with Gasteiger partial charge in [0.1, 0.15) is 0 Å². The van der Waals surface area contributed by atoms with E-state index < -0.39 is 0 Å². The monoisotopic (exact) mass is 273 g/mol. The van der Waals surface area contributed by atoms with Crippen molar-refractivity contribution in [3.63, 3.8) is 0 Å². The summed E-state index contributed by atoms with van der Waals surface area (Å²) in [6.45, 7) is 5.18. The van der Waals surface area contributed by atoms with Crippen LogP contribution in [0.3, 0.4) is 0 Å². The average molecular weight is 273 g/mol. The Morgan fingerprint density at radius 2 is 1.95 bits per heavy atom. The Balaban J connectivity index is 1.98. The minimum Gasteiger partial charge on any atom is -0.354 e. The maximum absolute atomic E-state index is 4.17. The number of rotatable bonds is 5. The fourth-order valence-corrected chi connectivity index (χ4v) is 2.26. The first kappa shape index (κ1) is 14.4. The maximum Gasteiger partial charge on any atom is 0.227 e. The molecule has 0 aliphatic carbocycles. The highest BCUT2D eigenvalue weighted by molar-refractivity contribution is 5.38. The number of anilines is 2. The fraction of sp³-hybridized carbons (Fsp3) is 0.467. The van der Waals surface area contributed by atoms with E-state index in [0.29, 0.717) is 0 Å². The van der Waals surface area contributed by atoms with E-state index in [4.69, 9.17) is 0 Å². The number of nitrogens with one attached hydrogen (secondary N) is 1. The van der Waals surface area contributed by atoms with Gasteiger partial charge in [-0.1, -0.05) is 18.2 Å². The van der Waals surface area contributed by atoms with Crippen molar-refractivity contribution in [1.29, 1.82) is 0 Å². The minimum absolute atomic E-state index is 0.805. The van der Waals surface area contributed by atoms with Gasteiger partial charge in [-0.25, -0.2) is 0 Å². The second-order valence-corrected chi connectivity index (χ2v) is 5.31. The van der Waals surface area contributed by atoms with E-state index in [9.17, 15) is 0 Å². The van der Waals surface area contributed by atoms with Gasteiger partial charge in [-0.15, -0.1) is 10.2 Å². The van der Waals surface area contributed by atoms with E-state index in [-0.39, 0.29) is 0 Å². The molecule has 0 unspecified atom stereocenters. The van der Waals surface area contributed by atoms with Crippen LogP contribution in [-0.2, 0) is 13.5 Å². The van der Waals surface area contributed by atoms with Gasteiger partial charge in [0.25, 0.3) is 0 Å². The Kier molecular flexibility index (Phi) is 4.27. The zero-order valence-corrected chi connectivity index (χ0v) is 12.9. The maximum atomic E-state index is 4.17. The van der Waals surface area contributed by atoms with E-state index in [2.05, 4.69) is 47.6 Å². The summed E-state index contributed by atoms with van der Waals surface area (Å²) in [4.78, 5) is 1.95. The summed E-state index contributed by atoms with van der Waals surface area (Å²) in [5.41, 5.74) is 4.10. The van der Waals surface area contributed by atoms with Gasteiger partial charge in [-0.05, 0) is 37.0 Å². The first-order chi connectivity index (χ1) is 9.50. The Morgan fingerprint density at radius 1 is 1.20 bits per heavy atom. The molecule has 0 bridgehead atoms. The smallest absolute Gasteiger partial charge is 0.227 e. The van der Waals surface area contributed by atoms with Gasteiger partial charge < -0.3 is 10.2 Å². The Hall–Kier alpha value is -2.04. The SMILES string of the molecule is Cc1cccc(CCNc2nnc(N(C)C)n2C)c1C. The zero-order chi connectivity index (χ0) is 14.7. The van der Waals surface area contributed by atoms with Gasteiger partial charge in [0.15, 0.2) is 0 Å². The summed E-state index contributed by atoms with van der Waals surface area (Å²) in [6.07, 6.45) is 0.984. The van der Waals surface area contributed by atoms with Crippen molar-refractivity contribution in [2.24, 2.45) is 7.05 Å². The molecule has 1 aromatic carbocycles. The lowest BCUT2D eigenvalue weighted by atomic mass is 10.0. The molecule has 2 rings (SSSR count). The molecule has 0 spiro atoms. The van der Waals surface area contributed by atoms with Crippen molar-refractivity contribution in [1.82, 2.24) is 14.8 Å². The lowest BCUT2D eigenvalue weighted by Crippen LogP contribution is -2.15. The van der Waals surface area contributed by atoms with Crippen molar-refractivity contribution < 1.29 is 0 Å². The van der Waals surface area contributed by atoms with Crippen molar-refractivity contribution in [3.8, 4) is 0 Å². The van der Waals surface area contributed by atoms with Crippen molar-refractivity contribution in [3.05, 3.63) is 34.9 Å². The summed E-state index contributed by atoms with van der Waals surface area (Å²) in [5, 5.41) is 11.7. The normalized spacial score (nSPS) is 10.7.